The van der Waals surface area contributed by atoms with E-state index in [1.165, 1.54) is 0 Å². The van der Waals surface area contributed by atoms with Gasteiger partial charge in [0.2, 0.25) is 5.91 Å². The molecule has 0 aliphatic heterocycles. The molecule has 1 aromatic carbocycles. The van der Waals surface area contributed by atoms with Gasteiger partial charge in [0.25, 0.3) is 0 Å². The van der Waals surface area contributed by atoms with Crippen molar-refractivity contribution in [1.82, 2.24) is 5.32 Å². The first-order chi connectivity index (χ1) is 9.42. The van der Waals surface area contributed by atoms with Gasteiger partial charge in [-0.1, -0.05) is 24.3 Å². The summed E-state index contributed by atoms with van der Waals surface area (Å²) >= 11 is 0. The summed E-state index contributed by atoms with van der Waals surface area (Å²) < 4.78 is 44.8. The van der Waals surface area contributed by atoms with E-state index >= 15 is 0 Å². The molecule has 0 saturated heterocycles. The Balaban J connectivity index is 2.37. The van der Waals surface area contributed by atoms with Crippen LogP contribution in [0.2, 0.25) is 0 Å². The lowest BCUT2D eigenvalue weighted by molar-refractivity contribution is -0.175. The molecule has 0 unspecified atom stereocenters. The van der Waals surface area contributed by atoms with Gasteiger partial charge < -0.3 is 14.8 Å². The van der Waals surface area contributed by atoms with Crippen LogP contribution in [-0.2, 0) is 27.4 Å². The number of carbonyl (C=O) groups excluding carboxylic acids is 1. The van der Waals surface area contributed by atoms with Gasteiger partial charge in [0.1, 0.15) is 13.2 Å². The molecule has 7 heteroatoms. The maximum absolute atomic E-state index is 11.8. The number of rotatable bonds is 7. The normalized spacial score (nSPS) is 11.4. The van der Waals surface area contributed by atoms with Crippen LogP contribution < -0.4 is 5.32 Å². The molecular formula is C13H16F3NO3. The van der Waals surface area contributed by atoms with E-state index in [1.807, 2.05) is 18.2 Å². The Bertz CT molecular complexity index is 435. The van der Waals surface area contributed by atoms with Gasteiger partial charge in [-0.25, -0.2) is 0 Å². The van der Waals surface area contributed by atoms with E-state index in [1.54, 1.807) is 13.2 Å². The summed E-state index contributed by atoms with van der Waals surface area (Å²) in [5.74, 6) is -0.596. The van der Waals surface area contributed by atoms with Gasteiger partial charge in [0.15, 0.2) is 0 Å². The Morgan fingerprint density at radius 3 is 2.50 bits per heavy atom. The SMILES string of the molecule is COCc1ccccc1CNC(=O)COCC(F)(F)F. The van der Waals surface area contributed by atoms with Crippen LogP contribution >= 0.6 is 0 Å². The van der Waals surface area contributed by atoms with Crippen LogP contribution in [0.3, 0.4) is 0 Å². The fourth-order valence-electron chi connectivity index (χ4n) is 1.53. The Hall–Kier alpha value is -1.60. The van der Waals surface area contributed by atoms with Crippen LogP contribution in [0.5, 0.6) is 0 Å². The summed E-state index contributed by atoms with van der Waals surface area (Å²) in [6.45, 7) is -1.43. The minimum absolute atomic E-state index is 0.216. The van der Waals surface area contributed by atoms with Crippen molar-refractivity contribution < 1.29 is 27.4 Å². The van der Waals surface area contributed by atoms with Gasteiger partial charge in [0.05, 0.1) is 6.61 Å². The quantitative estimate of drug-likeness (QED) is 0.836. The molecule has 0 radical (unpaired) electrons. The predicted molar refractivity (Wildman–Crippen MR) is 65.9 cm³/mol. The first-order valence-electron chi connectivity index (χ1n) is 5.89. The number of amides is 1. The Labute approximate surface area is 114 Å². The van der Waals surface area contributed by atoms with E-state index < -0.39 is 25.3 Å². The number of carbonyl (C=O) groups is 1. The van der Waals surface area contributed by atoms with E-state index in [4.69, 9.17) is 4.74 Å². The lowest BCUT2D eigenvalue weighted by Gasteiger charge is -2.11. The minimum atomic E-state index is -4.43. The van der Waals surface area contributed by atoms with Crippen molar-refractivity contribution in [2.75, 3.05) is 20.3 Å². The maximum Gasteiger partial charge on any atom is 0.411 e. The molecule has 0 spiro atoms. The van der Waals surface area contributed by atoms with Crippen LogP contribution in [0.1, 0.15) is 11.1 Å². The van der Waals surface area contributed by atoms with Crippen molar-refractivity contribution in [2.45, 2.75) is 19.3 Å². The van der Waals surface area contributed by atoms with Crippen LogP contribution in [0, 0.1) is 0 Å². The van der Waals surface area contributed by atoms with Crippen molar-refractivity contribution in [3.63, 3.8) is 0 Å². The summed E-state index contributed by atoms with van der Waals surface area (Å²) in [6, 6.07) is 7.31. The number of nitrogens with one attached hydrogen (secondary N) is 1. The molecule has 20 heavy (non-hydrogen) atoms. The zero-order chi connectivity index (χ0) is 15.0. The van der Waals surface area contributed by atoms with Crippen LogP contribution in [0.25, 0.3) is 0 Å². The van der Waals surface area contributed by atoms with Crippen LogP contribution in [-0.4, -0.2) is 32.4 Å². The predicted octanol–water partition coefficient (Wildman–Crippen LogP) is 2.03. The van der Waals surface area contributed by atoms with Crippen LogP contribution in [0.15, 0.2) is 24.3 Å². The molecule has 0 aromatic heterocycles. The fraction of sp³-hybridized carbons (Fsp3) is 0.462. The van der Waals surface area contributed by atoms with E-state index in [-0.39, 0.29) is 6.54 Å². The van der Waals surface area contributed by atoms with Crippen molar-refractivity contribution in [1.29, 1.82) is 0 Å². The zero-order valence-electron chi connectivity index (χ0n) is 11.0. The van der Waals surface area contributed by atoms with E-state index in [0.717, 1.165) is 11.1 Å². The average molecular weight is 291 g/mol. The third-order valence-corrected chi connectivity index (χ3v) is 2.39. The highest BCUT2D eigenvalue weighted by Crippen LogP contribution is 2.14. The lowest BCUT2D eigenvalue weighted by Crippen LogP contribution is -2.29. The van der Waals surface area contributed by atoms with Gasteiger partial charge >= 0.3 is 6.18 Å². The molecular weight excluding hydrogens is 275 g/mol. The van der Waals surface area contributed by atoms with Crippen molar-refractivity contribution in [3.8, 4) is 0 Å². The van der Waals surface area contributed by atoms with Gasteiger partial charge in [-0.3, -0.25) is 4.79 Å². The Morgan fingerprint density at radius 2 is 1.90 bits per heavy atom. The van der Waals surface area contributed by atoms with Crippen LogP contribution in [0.4, 0.5) is 13.2 Å². The summed E-state index contributed by atoms with van der Waals surface area (Å²) in [4.78, 5) is 11.3. The highest BCUT2D eigenvalue weighted by molar-refractivity contribution is 5.77. The van der Waals surface area contributed by atoms with Gasteiger partial charge in [0, 0.05) is 13.7 Å². The molecule has 0 saturated carbocycles. The molecule has 112 valence electrons. The van der Waals surface area contributed by atoms with E-state index in [2.05, 4.69) is 10.1 Å². The summed E-state index contributed by atoms with van der Waals surface area (Å²) in [7, 11) is 1.56. The molecule has 0 atom stereocenters. The second kappa shape index (κ2) is 7.86. The molecule has 1 aromatic rings. The average Bonchev–Trinajstić information content (AvgIpc) is 2.36. The molecule has 1 rings (SSSR count). The molecule has 0 bridgehead atoms. The third kappa shape index (κ3) is 6.53. The maximum atomic E-state index is 11.8. The first kappa shape index (κ1) is 16.5. The van der Waals surface area contributed by atoms with Crippen molar-refractivity contribution in [2.24, 2.45) is 0 Å². The number of methoxy groups -OCH3 is 1. The molecule has 4 nitrogen and oxygen atoms in total. The number of hydrogen-bond donors (Lipinski definition) is 1. The second-order valence-electron chi connectivity index (χ2n) is 4.09. The lowest BCUT2D eigenvalue weighted by atomic mass is 10.1. The zero-order valence-corrected chi connectivity index (χ0v) is 11.0. The highest BCUT2D eigenvalue weighted by Gasteiger charge is 2.27. The first-order valence-corrected chi connectivity index (χ1v) is 5.89. The number of benzene rings is 1. The third-order valence-electron chi connectivity index (χ3n) is 2.39. The molecule has 0 aliphatic carbocycles. The number of alkyl halides is 3. The summed E-state index contributed by atoms with van der Waals surface area (Å²) in [5, 5.41) is 2.50. The molecule has 0 aliphatic rings. The smallest absolute Gasteiger partial charge is 0.380 e. The molecule has 0 heterocycles. The standard InChI is InChI=1S/C13H16F3NO3/c1-19-7-11-5-3-2-4-10(11)6-17-12(18)8-20-9-13(14,15)16/h2-5H,6-9H2,1H3,(H,17,18). The van der Waals surface area contributed by atoms with Gasteiger partial charge in [-0.05, 0) is 11.1 Å². The number of ether oxygens (including phenoxy) is 2. The van der Waals surface area contributed by atoms with E-state index in [0.29, 0.717) is 6.61 Å². The Morgan fingerprint density at radius 1 is 1.25 bits per heavy atom. The van der Waals surface area contributed by atoms with Crippen molar-refractivity contribution >= 4 is 5.91 Å². The molecule has 1 N–H and O–H groups in total. The van der Waals surface area contributed by atoms with Gasteiger partial charge in [-0.15, -0.1) is 0 Å². The molecule has 1 amide bonds. The van der Waals surface area contributed by atoms with Gasteiger partial charge in [-0.2, -0.15) is 13.2 Å². The number of hydrogen-bond acceptors (Lipinski definition) is 3. The number of halogens is 3. The largest absolute Gasteiger partial charge is 0.411 e. The van der Waals surface area contributed by atoms with E-state index in [9.17, 15) is 18.0 Å². The fourth-order valence-corrected chi connectivity index (χ4v) is 1.53. The Kier molecular flexibility index (Phi) is 6.47. The summed E-state index contributed by atoms with van der Waals surface area (Å²) in [6.07, 6.45) is -4.43. The summed E-state index contributed by atoms with van der Waals surface area (Å²) in [5.41, 5.74) is 1.75. The second-order valence-corrected chi connectivity index (χ2v) is 4.09. The minimum Gasteiger partial charge on any atom is -0.380 e. The highest BCUT2D eigenvalue weighted by atomic mass is 19.4. The molecule has 0 fully saturated rings. The van der Waals surface area contributed by atoms with Crippen molar-refractivity contribution in [3.05, 3.63) is 35.4 Å². The topological polar surface area (TPSA) is 47.6 Å². The monoisotopic (exact) mass is 291 g/mol.